The standard InChI is InChI=1S/C15H31N/c1-5-6-7-14-10-13(4)8-9-15(14)11-16-12(2)3/h12-16H,5-11H2,1-4H3. The summed E-state index contributed by atoms with van der Waals surface area (Å²) in [5.41, 5.74) is 0. The Hall–Kier alpha value is -0.0400. The van der Waals surface area contributed by atoms with Crippen LogP contribution >= 0.6 is 0 Å². The predicted octanol–water partition coefficient (Wildman–Crippen LogP) is 4.23. The molecule has 1 saturated carbocycles. The van der Waals surface area contributed by atoms with Crippen molar-refractivity contribution in [2.45, 2.75) is 72.3 Å². The third-order valence-corrected chi connectivity index (χ3v) is 4.12. The smallest absolute Gasteiger partial charge is 0.00104 e. The monoisotopic (exact) mass is 225 g/mol. The molecule has 0 bridgehead atoms. The van der Waals surface area contributed by atoms with Crippen LogP contribution in [0.5, 0.6) is 0 Å². The van der Waals surface area contributed by atoms with Crippen LogP contribution in [0.4, 0.5) is 0 Å². The van der Waals surface area contributed by atoms with Gasteiger partial charge in [-0.2, -0.15) is 0 Å². The van der Waals surface area contributed by atoms with Gasteiger partial charge in [0, 0.05) is 6.04 Å². The van der Waals surface area contributed by atoms with Crippen molar-refractivity contribution >= 4 is 0 Å². The normalized spacial score (nSPS) is 30.9. The minimum Gasteiger partial charge on any atom is -0.314 e. The molecule has 0 saturated heterocycles. The van der Waals surface area contributed by atoms with E-state index in [0.29, 0.717) is 6.04 Å². The summed E-state index contributed by atoms with van der Waals surface area (Å²) < 4.78 is 0. The van der Waals surface area contributed by atoms with Crippen molar-refractivity contribution in [3.05, 3.63) is 0 Å². The molecular formula is C15H31N. The number of nitrogens with one attached hydrogen (secondary N) is 1. The predicted molar refractivity (Wildman–Crippen MR) is 72.7 cm³/mol. The lowest BCUT2D eigenvalue weighted by molar-refractivity contribution is 0.169. The lowest BCUT2D eigenvalue weighted by Crippen LogP contribution is -2.35. The lowest BCUT2D eigenvalue weighted by atomic mass is 9.72. The van der Waals surface area contributed by atoms with Gasteiger partial charge in [-0.1, -0.05) is 53.4 Å². The Labute approximate surface area is 102 Å². The first-order valence-corrected chi connectivity index (χ1v) is 7.36. The average Bonchev–Trinajstić information content (AvgIpc) is 2.24. The Bertz CT molecular complexity index is 176. The van der Waals surface area contributed by atoms with Crippen LogP contribution in [-0.4, -0.2) is 12.6 Å². The summed E-state index contributed by atoms with van der Waals surface area (Å²) >= 11 is 0. The Morgan fingerprint density at radius 3 is 2.56 bits per heavy atom. The molecule has 0 aromatic rings. The molecule has 1 aliphatic rings. The summed E-state index contributed by atoms with van der Waals surface area (Å²) in [5, 5.41) is 3.64. The molecule has 1 rings (SSSR count). The molecule has 3 unspecified atom stereocenters. The van der Waals surface area contributed by atoms with Gasteiger partial charge in [-0.25, -0.2) is 0 Å². The lowest BCUT2D eigenvalue weighted by Gasteiger charge is -2.35. The molecule has 0 aromatic carbocycles. The second-order valence-corrected chi connectivity index (χ2v) is 6.14. The number of unbranched alkanes of at least 4 members (excludes halogenated alkanes) is 1. The van der Waals surface area contributed by atoms with Gasteiger partial charge in [0.15, 0.2) is 0 Å². The van der Waals surface area contributed by atoms with Crippen LogP contribution in [0.2, 0.25) is 0 Å². The molecule has 1 heteroatoms. The number of hydrogen-bond donors (Lipinski definition) is 1. The van der Waals surface area contributed by atoms with Crippen molar-refractivity contribution in [3.63, 3.8) is 0 Å². The summed E-state index contributed by atoms with van der Waals surface area (Å²) in [4.78, 5) is 0. The van der Waals surface area contributed by atoms with Crippen LogP contribution in [0.3, 0.4) is 0 Å². The van der Waals surface area contributed by atoms with Gasteiger partial charge >= 0.3 is 0 Å². The zero-order valence-electron chi connectivity index (χ0n) is 11.8. The second kappa shape index (κ2) is 7.32. The molecule has 96 valence electrons. The molecule has 0 amide bonds. The molecule has 1 fully saturated rings. The Morgan fingerprint density at radius 2 is 1.94 bits per heavy atom. The summed E-state index contributed by atoms with van der Waals surface area (Å²) in [6.07, 6.45) is 8.63. The molecule has 1 N–H and O–H groups in total. The molecule has 1 nitrogen and oxygen atoms in total. The van der Waals surface area contributed by atoms with Gasteiger partial charge in [-0.15, -0.1) is 0 Å². The molecule has 0 spiro atoms. The van der Waals surface area contributed by atoms with Crippen LogP contribution in [0.1, 0.15) is 66.2 Å². The van der Waals surface area contributed by atoms with Crippen LogP contribution in [0.25, 0.3) is 0 Å². The first-order chi connectivity index (χ1) is 7.63. The van der Waals surface area contributed by atoms with E-state index in [1.165, 1.54) is 45.1 Å². The molecular weight excluding hydrogens is 194 g/mol. The van der Waals surface area contributed by atoms with E-state index in [-0.39, 0.29) is 0 Å². The Morgan fingerprint density at radius 1 is 1.19 bits per heavy atom. The highest BCUT2D eigenvalue weighted by atomic mass is 14.9. The molecule has 1 aliphatic carbocycles. The molecule has 0 aromatic heterocycles. The van der Waals surface area contributed by atoms with Gasteiger partial charge in [0.2, 0.25) is 0 Å². The van der Waals surface area contributed by atoms with E-state index < -0.39 is 0 Å². The van der Waals surface area contributed by atoms with Crippen molar-refractivity contribution in [1.82, 2.24) is 5.32 Å². The van der Waals surface area contributed by atoms with E-state index in [4.69, 9.17) is 0 Å². The Balaban J connectivity index is 2.37. The number of rotatable bonds is 6. The SMILES string of the molecule is CCCCC1CC(C)CCC1CNC(C)C. The molecule has 0 radical (unpaired) electrons. The molecule has 0 aliphatic heterocycles. The molecule has 16 heavy (non-hydrogen) atoms. The quantitative estimate of drug-likeness (QED) is 0.713. The van der Waals surface area contributed by atoms with Crippen LogP contribution in [-0.2, 0) is 0 Å². The highest BCUT2D eigenvalue weighted by Gasteiger charge is 2.27. The zero-order valence-corrected chi connectivity index (χ0v) is 11.8. The summed E-state index contributed by atoms with van der Waals surface area (Å²) in [6.45, 7) is 10.5. The summed E-state index contributed by atoms with van der Waals surface area (Å²) in [7, 11) is 0. The third kappa shape index (κ3) is 4.86. The maximum absolute atomic E-state index is 3.64. The van der Waals surface area contributed by atoms with Crippen molar-refractivity contribution in [2.24, 2.45) is 17.8 Å². The van der Waals surface area contributed by atoms with Crippen LogP contribution < -0.4 is 5.32 Å². The van der Waals surface area contributed by atoms with E-state index in [0.717, 1.165) is 17.8 Å². The van der Waals surface area contributed by atoms with Crippen molar-refractivity contribution < 1.29 is 0 Å². The van der Waals surface area contributed by atoms with Gasteiger partial charge in [0.05, 0.1) is 0 Å². The van der Waals surface area contributed by atoms with E-state index in [9.17, 15) is 0 Å². The fourth-order valence-corrected chi connectivity index (χ4v) is 3.04. The first-order valence-electron chi connectivity index (χ1n) is 7.36. The number of hydrogen-bond acceptors (Lipinski definition) is 1. The highest BCUT2D eigenvalue weighted by Crippen LogP contribution is 2.36. The fourth-order valence-electron chi connectivity index (χ4n) is 3.04. The van der Waals surface area contributed by atoms with Gasteiger partial charge in [-0.05, 0) is 37.1 Å². The fraction of sp³-hybridized carbons (Fsp3) is 1.00. The van der Waals surface area contributed by atoms with Gasteiger partial charge in [0.1, 0.15) is 0 Å². The molecule has 3 atom stereocenters. The van der Waals surface area contributed by atoms with E-state index >= 15 is 0 Å². The van der Waals surface area contributed by atoms with Crippen molar-refractivity contribution in [1.29, 1.82) is 0 Å². The minimum absolute atomic E-state index is 0.645. The average molecular weight is 225 g/mol. The van der Waals surface area contributed by atoms with Gasteiger partial charge in [-0.3, -0.25) is 0 Å². The van der Waals surface area contributed by atoms with E-state index in [2.05, 4.69) is 33.0 Å². The van der Waals surface area contributed by atoms with Crippen LogP contribution in [0.15, 0.2) is 0 Å². The van der Waals surface area contributed by atoms with Gasteiger partial charge in [0.25, 0.3) is 0 Å². The van der Waals surface area contributed by atoms with Crippen molar-refractivity contribution in [2.75, 3.05) is 6.54 Å². The first kappa shape index (κ1) is 14.0. The third-order valence-electron chi connectivity index (χ3n) is 4.12. The largest absolute Gasteiger partial charge is 0.314 e. The van der Waals surface area contributed by atoms with E-state index in [1.807, 2.05) is 0 Å². The van der Waals surface area contributed by atoms with Crippen LogP contribution in [0, 0.1) is 17.8 Å². The second-order valence-electron chi connectivity index (χ2n) is 6.14. The molecule has 0 heterocycles. The summed E-state index contributed by atoms with van der Waals surface area (Å²) in [5.74, 6) is 2.91. The minimum atomic E-state index is 0.645. The van der Waals surface area contributed by atoms with Crippen molar-refractivity contribution in [3.8, 4) is 0 Å². The van der Waals surface area contributed by atoms with Gasteiger partial charge < -0.3 is 5.32 Å². The highest BCUT2D eigenvalue weighted by molar-refractivity contribution is 4.80. The Kier molecular flexibility index (Phi) is 6.41. The zero-order chi connectivity index (χ0) is 12.0. The topological polar surface area (TPSA) is 12.0 Å². The summed E-state index contributed by atoms with van der Waals surface area (Å²) in [6, 6.07) is 0.645. The maximum Gasteiger partial charge on any atom is 0.00104 e. The van der Waals surface area contributed by atoms with E-state index in [1.54, 1.807) is 0 Å². The maximum atomic E-state index is 3.64.